The van der Waals surface area contributed by atoms with E-state index in [-0.39, 0.29) is 5.91 Å². The maximum Gasteiger partial charge on any atom is 0.337 e. The second-order valence-corrected chi connectivity index (χ2v) is 6.90. The van der Waals surface area contributed by atoms with Crippen molar-refractivity contribution in [1.29, 1.82) is 0 Å². The number of methoxy groups -OCH3 is 2. The van der Waals surface area contributed by atoms with Gasteiger partial charge in [-0.3, -0.25) is 9.69 Å². The van der Waals surface area contributed by atoms with Crippen LogP contribution in [0.1, 0.15) is 16.8 Å². The van der Waals surface area contributed by atoms with Crippen molar-refractivity contribution >= 4 is 23.3 Å². The second kappa shape index (κ2) is 9.93. The van der Waals surface area contributed by atoms with Gasteiger partial charge in [0.05, 0.1) is 19.8 Å². The van der Waals surface area contributed by atoms with E-state index in [2.05, 4.69) is 27.2 Å². The molecule has 0 spiro atoms. The summed E-state index contributed by atoms with van der Waals surface area (Å²) < 4.78 is 9.91. The van der Waals surface area contributed by atoms with Crippen molar-refractivity contribution in [2.75, 3.05) is 57.2 Å². The SMILES string of the molecule is COC(=O)c1cccc(NC(=O)CCN2CCN(c3ccc(OC)cc3)CC2)c1. The predicted molar refractivity (Wildman–Crippen MR) is 113 cm³/mol. The van der Waals surface area contributed by atoms with Gasteiger partial charge in [-0.1, -0.05) is 6.07 Å². The van der Waals surface area contributed by atoms with E-state index in [1.165, 1.54) is 12.8 Å². The van der Waals surface area contributed by atoms with Crippen molar-refractivity contribution in [2.45, 2.75) is 6.42 Å². The van der Waals surface area contributed by atoms with E-state index in [4.69, 9.17) is 9.47 Å². The highest BCUT2D eigenvalue weighted by molar-refractivity contribution is 5.94. The van der Waals surface area contributed by atoms with E-state index in [0.29, 0.717) is 24.2 Å². The van der Waals surface area contributed by atoms with Gasteiger partial charge in [-0.15, -0.1) is 0 Å². The summed E-state index contributed by atoms with van der Waals surface area (Å²) in [6.07, 6.45) is 0.408. The molecule has 1 heterocycles. The van der Waals surface area contributed by atoms with Gasteiger partial charge in [0.25, 0.3) is 0 Å². The molecule has 2 aromatic rings. The van der Waals surface area contributed by atoms with Crippen LogP contribution in [0.25, 0.3) is 0 Å². The Morgan fingerprint density at radius 1 is 1.00 bits per heavy atom. The Labute approximate surface area is 171 Å². The molecule has 1 aliphatic heterocycles. The molecule has 0 aliphatic carbocycles. The smallest absolute Gasteiger partial charge is 0.337 e. The molecule has 29 heavy (non-hydrogen) atoms. The van der Waals surface area contributed by atoms with Crippen LogP contribution >= 0.6 is 0 Å². The van der Waals surface area contributed by atoms with Gasteiger partial charge in [-0.05, 0) is 42.5 Å². The summed E-state index contributed by atoms with van der Waals surface area (Å²) in [4.78, 5) is 28.5. The van der Waals surface area contributed by atoms with Crippen LogP contribution in [0.3, 0.4) is 0 Å². The largest absolute Gasteiger partial charge is 0.497 e. The van der Waals surface area contributed by atoms with Crippen LogP contribution in [-0.4, -0.2) is 63.7 Å². The lowest BCUT2D eigenvalue weighted by atomic mass is 10.2. The summed E-state index contributed by atoms with van der Waals surface area (Å²) in [6.45, 7) is 4.39. The Hall–Kier alpha value is -3.06. The minimum absolute atomic E-state index is 0.0652. The third kappa shape index (κ3) is 5.71. The van der Waals surface area contributed by atoms with Crippen LogP contribution in [0.5, 0.6) is 5.75 Å². The van der Waals surface area contributed by atoms with Gasteiger partial charge in [-0.2, -0.15) is 0 Å². The quantitative estimate of drug-likeness (QED) is 0.725. The van der Waals surface area contributed by atoms with E-state index in [1.807, 2.05) is 12.1 Å². The highest BCUT2D eigenvalue weighted by Crippen LogP contribution is 2.20. The highest BCUT2D eigenvalue weighted by atomic mass is 16.5. The fourth-order valence-electron chi connectivity index (χ4n) is 3.35. The van der Waals surface area contributed by atoms with E-state index in [1.54, 1.807) is 31.4 Å². The van der Waals surface area contributed by atoms with Crippen LogP contribution in [0.15, 0.2) is 48.5 Å². The number of carbonyl (C=O) groups excluding carboxylic acids is 2. The van der Waals surface area contributed by atoms with Crippen LogP contribution < -0.4 is 15.0 Å². The summed E-state index contributed by atoms with van der Waals surface area (Å²) >= 11 is 0. The number of nitrogens with zero attached hydrogens (tertiary/aromatic N) is 2. The molecule has 0 unspecified atom stereocenters. The summed E-state index contributed by atoms with van der Waals surface area (Å²) in [5.41, 5.74) is 2.20. The molecule has 7 heteroatoms. The molecule has 1 amide bonds. The number of carbonyl (C=O) groups is 2. The van der Waals surface area contributed by atoms with E-state index >= 15 is 0 Å². The summed E-state index contributed by atoms with van der Waals surface area (Å²) in [5.74, 6) is 0.371. The molecular formula is C22H27N3O4. The van der Waals surface area contributed by atoms with Gasteiger partial charge >= 0.3 is 5.97 Å². The van der Waals surface area contributed by atoms with Gasteiger partial charge < -0.3 is 19.7 Å². The first-order valence-electron chi connectivity index (χ1n) is 9.68. The molecule has 154 valence electrons. The molecule has 0 bridgehead atoms. The zero-order valence-electron chi connectivity index (χ0n) is 16.9. The Kier molecular flexibility index (Phi) is 7.08. The van der Waals surface area contributed by atoms with Crippen molar-refractivity contribution in [3.05, 3.63) is 54.1 Å². The first-order valence-corrected chi connectivity index (χ1v) is 9.68. The Bertz CT molecular complexity index is 830. The third-order valence-electron chi connectivity index (χ3n) is 5.03. The molecule has 1 saturated heterocycles. The standard InChI is InChI=1S/C22H27N3O4/c1-28-20-8-6-19(7-9-20)25-14-12-24(13-15-25)11-10-21(26)23-18-5-3-4-17(16-18)22(27)29-2/h3-9,16H,10-15H2,1-2H3,(H,23,26). The number of nitrogens with one attached hydrogen (secondary N) is 1. The number of esters is 1. The van der Waals surface area contributed by atoms with Crippen LogP contribution in [0.2, 0.25) is 0 Å². The van der Waals surface area contributed by atoms with Crippen LogP contribution in [0, 0.1) is 0 Å². The Morgan fingerprint density at radius 2 is 1.72 bits per heavy atom. The molecule has 1 N–H and O–H groups in total. The van der Waals surface area contributed by atoms with Crippen molar-refractivity contribution in [3.8, 4) is 5.75 Å². The summed E-state index contributed by atoms with van der Waals surface area (Å²) in [7, 11) is 3.00. The minimum atomic E-state index is -0.421. The van der Waals surface area contributed by atoms with Crippen molar-refractivity contribution in [3.63, 3.8) is 0 Å². The van der Waals surface area contributed by atoms with Gasteiger partial charge in [0.15, 0.2) is 0 Å². The number of hydrogen-bond donors (Lipinski definition) is 1. The molecule has 0 saturated carbocycles. The van der Waals surface area contributed by atoms with Crippen molar-refractivity contribution in [2.24, 2.45) is 0 Å². The number of anilines is 2. The van der Waals surface area contributed by atoms with Crippen LogP contribution in [0.4, 0.5) is 11.4 Å². The van der Waals surface area contributed by atoms with E-state index in [9.17, 15) is 9.59 Å². The normalized spacial score (nSPS) is 14.3. The fourth-order valence-corrected chi connectivity index (χ4v) is 3.35. The zero-order chi connectivity index (χ0) is 20.6. The van der Waals surface area contributed by atoms with E-state index < -0.39 is 5.97 Å². The second-order valence-electron chi connectivity index (χ2n) is 6.90. The lowest BCUT2D eigenvalue weighted by molar-refractivity contribution is -0.116. The fraction of sp³-hybridized carbons (Fsp3) is 0.364. The first-order chi connectivity index (χ1) is 14.1. The van der Waals surface area contributed by atoms with Crippen molar-refractivity contribution in [1.82, 2.24) is 4.90 Å². The molecule has 3 rings (SSSR count). The van der Waals surface area contributed by atoms with Gasteiger partial charge in [0.1, 0.15) is 5.75 Å². The number of amides is 1. The number of hydrogen-bond acceptors (Lipinski definition) is 6. The lowest BCUT2D eigenvalue weighted by Gasteiger charge is -2.36. The summed E-state index contributed by atoms with van der Waals surface area (Å²) in [5, 5.41) is 2.85. The molecule has 1 aliphatic rings. The maximum absolute atomic E-state index is 12.3. The average Bonchev–Trinajstić information content (AvgIpc) is 2.77. The molecule has 2 aromatic carbocycles. The molecule has 7 nitrogen and oxygen atoms in total. The number of rotatable bonds is 7. The van der Waals surface area contributed by atoms with Gasteiger partial charge in [-0.25, -0.2) is 4.79 Å². The molecular weight excluding hydrogens is 370 g/mol. The minimum Gasteiger partial charge on any atom is -0.497 e. The third-order valence-corrected chi connectivity index (χ3v) is 5.03. The van der Waals surface area contributed by atoms with Crippen LogP contribution in [-0.2, 0) is 9.53 Å². The Balaban J connectivity index is 1.43. The molecule has 0 radical (unpaired) electrons. The van der Waals surface area contributed by atoms with Gasteiger partial charge in [0, 0.05) is 50.5 Å². The lowest BCUT2D eigenvalue weighted by Crippen LogP contribution is -2.47. The summed E-state index contributed by atoms with van der Waals surface area (Å²) in [6, 6.07) is 14.9. The maximum atomic E-state index is 12.3. The van der Waals surface area contributed by atoms with Crippen molar-refractivity contribution < 1.29 is 19.1 Å². The van der Waals surface area contributed by atoms with E-state index in [0.717, 1.165) is 31.9 Å². The monoisotopic (exact) mass is 397 g/mol. The number of ether oxygens (including phenoxy) is 2. The predicted octanol–water partition coefficient (Wildman–Crippen LogP) is 2.63. The number of benzene rings is 2. The van der Waals surface area contributed by atoms with Gasteiger partial charge in [0.2, 0.25) is 5.91 Å². The Morgan fingerprint density at radius 3 is 2.38 bits per heavy atom. The molecule has 1 fully saturated rings. The molecule has 0 atom stereocenters. The molecule has 0 aromatic heterocycles. The highest BCUT2D eigenvalue weighted by Gasteiger charge is 2.18. The topological polar surface area (TPSA) is 71.1 Å². The average molecular weight is 397 g/mol. The first kappa shape index (κ1) is 20.7. The number of piperazine rings is 1. The zero-order valence-corrected chi connectivity index (χ0v) is 16.9.